The fourth-order valence-electron chi connectivity index (χ4n) is 2.84. The molecule has 1 aromatic carbocycles. The number of para-hydroxylation sites is 1. The zero-order valence-electron chi connectivity index (χ0n) is 14.0. The monoisotopic (exact) mass is 401 g/mol. The molecule has 1 aromatic heterocycles. The number of carbonyl (C=O) groups is 3. The molecule has 1 fully saturated rings. The number of barbiturate groups is 1. The van der Waals surface area contributed by atoms with Crippen LogP contribution in [0.15, 0.2) is 40.4 Å². The molecule has 1 saturated heterocycles. The third-order valence-electron chi connectivity index (χ3n) is 4.17. The van der Waals surface area contributed by atoms with Crippen molar-refractivity contribution >= 4 is 39.9 Å². The Bertz CT molecular complexity index is 943. The molecule has 1 aliphatic heterocycles. The first-order valence-electron chi connectivity index (χ1n) is 7.60. The van der Waals surface area contributed by atoms with Crippen LogP contribution in [0.25, 0.3) is 11.8 Å². The highest BCUT2D eigenvalue weighted by Gasteiger charge is 2.33. The van der Waals surface area contributed by atoms with E-state index in [1.807, 2.05) is 48.7 Å². The van der Waals surface area contributed by atoms with Gasteiger partial charge < -0.3 is 4.57 Å². The second-order valence-electron chi connectivity index (χ2n) is 5.79. The Morgan fingerprint density at radius 3 is 2.48 bits per heavy atom. The predicted molar refractivity (Wildman–Crippen MR) is 97.2 cm³/mol. The zero-order valence-corrected chi connectivity index (χ0v) is 15.5. The predicted octanol–water partition coefficient (Wildman–Crippen LogP) is 2.95. The second-order valence-corrected chi connectivity index (χ2v) is 6.65. The summed E-state index contributed by atoms with van der Waals surface area (Å²) in [6.45, 7) is 3.87. The Hall–Kier alpha value is -2.67. The van der Waals surface area contributed by atoms with Crippen molar-refractivity contribution in [3.05, 3.63) is 57.3 Å². The van der Waals surface area contributed by atoms with E-state index < -0.39 is 17.8 Å². The van der Waals surface area contributed by atoms with Gasteiger partial charge in [0.05, 0.1) is 5.69 Å². The van der Waals surface area contributed by atoms with Gasteiger partial charge in [0.15, 0.2) is 0 Å². The quantitative estimate of drug-likeness (QED) is 0.620. The number of aryl methyl sites for hydroxylation is 1. The van der Waals surface area contributed by atoms with Gasteiger partial charge in [0, 0.05) is 22.9 Å². The summed E-state index contributed by atoms with van der Waals surface area (Å²) in [5.74, 6) is -1.29. The molecule has 0 aliphatic carbocycles. The Morgan fingerprint density at radius 1 is 1.12 bits per heavy atom. The highest BCUT2D eigenvalue weighted by atomic mass is 79.9. The Morgan fingerprint density at radius 2 is 1.80 bits per heavy atom. The van der Waals surface area contributed by atoms with Crippen LogP contribution in [0.4, 0.5) is 4.79 Å². The molecule has 0 bridgehead atoms. The van der Waals surface area contributed by atoms with Gasteiger partial charge in [-0.1, -0.05) is 12.1 Å². The van der Waals surface area contributed by atoms with Gasteiger partial charge in [-0.3, -0.25) is 19.8 Å². The third-order valence-corrected chi connectivity index (χ3v) is 4.84. The molecule has 2 heterocycles. The number of benzene rings is 1. The molecule has 0 saturated carbocycles. The first-order valence-corrected chi connectivity index (χ1v) is 8.39. The molecule has 2 aromatic rings. The number of hydrogen-bond donors (Lipinski definition) is 1. The lowest BCUT2D eigenvalue weighted by atomic mass is 10.1. The molecular weight excluding hydrogens is 386 g/mol. The summed E-state index contributed by atoms with van der Waals surface area (Å²) in [5, 5.41) is 2.16. The van der Waals surface area contributed by atoms with Crippen molar-refractivity contribution < 1.29 is 14.4 Å². The van der Waals surface area contributed by atoms with Crippen LogP contribution in [-0.4, -0.2) is 34.4 Å². The summed E-state index contributed by atoms with van der Waals surface area (Å²) < 4.78 is 2.98. The Balaban J connectivity index is 2.10. The van der Waals surface area contributed by atoms with E-state index in [9.17, 15) is 14.4 Å². The normalized spacial score (nSPS) is 16.6. The molecule has 3 rings (SSSR count). The van der Waals surface area contributed by atoms with Crippen molar-refractivity contribution in [3.63, 3.8) is 0 Å². The molecule has 7 heteroatoms. The molecular formula is C18H16BrN3O3. The summed E-state index contributed by atoms with van der Waals surface area (Å²) >= 11 is 3.54. The van der Waals surface area contributed by atoms with Gasteiger partial charge in [-0.2, -0.15) is 0 Å². The third kappa shape index (κ3) is 2.91. The fraction of sp³-hybridized carbons (Fsp3) is 0.167. The molecule has 4 amide bonds. The fourth-order valence-corrected chi connectivity index (χ4v) is 3.30. The zero-order chi connectivity index (χ0) is 18.3. The number of hydrogen-bond acceptors (Lipinski definition) is 3. The molecule has 0 unspecified atom stereocenters. The number of nitrogens with zero attached hydrogens (tertiary/aromatic N) is 2. The number of nitrogens with one attached hydrogen (secondary N) is 1. The van der Waals surface area contributed by atoms with E-state index in [1.165, 1.54) is 13.1 Å². The van der Waals surface area contributed by atoms with Crippen molar-refractivity contribution in [2.24, 2.45) is 0 Å². The van der Waals surface area contributed by atoms with Gasteiger partial charge in [0.25, 0.3) is 11.8 Å². The van der Waals surface area contributed by atoms with Crippen LogP contribution in [0, 0.1) is 13.8 Å². The van der Waals surface area contributed by atoms with Gasteiger partial charge >= 0.3 is 6.03 Å². The highest BCUT2D eigenvalue weighted by molar-refractivity contribution is 9.10. The average Bonchev–Trinajstić information content (AvgIpc) is 2.84. The number of halogens is 1. The first-order chi connectivity index (χ1) is 11.8. The number of rotatable bonds is 2. The maximum absolute atomic E-state index is 12.2. The number of urea groups is 1. The van der Waals surface area contributed by atoms with Gasteiger partial charge in [-0.25, -0.2) is 4.79 Å². The minimum Gasteiger partial charge on any atom is -0.317 e. The lowest BCUT2D eigenvalue weighted by Gasteiger charge is -2.22. The van der Waals surface area contributed by atoms with E-state index in [-0.39, 0.29) is 5.57 Å². The van der Waals surface area contributed by atoms with E-state index >= 15 is 0 Å². The van der Waals surface area contributed by atoms with Crippen molar-refractivity contribution in [3.8, 4) is 5.69 Å². The summed E-state index contributed by atoms with van der Waals surface area (Å²) in [6.07, 6.45) is 1.52. The maximum Gasteiger partial charge on any atom is 0.331 e. The maximum atomic E-state index is 12.2. The Kier molecular flexibility index (Phi) is 4.34. The van der Waals surface area contributed by atoms with E-state index in [4.69, 9.17) is 0 Å². The SMILES string of the molecule is Cc1cc(/C=C2/C(=O)NC(=O)N(C)C2=O)c(C)n1-c1ccccc1Br. The Labute approximate surface area is 153 Å². The molecule has 128 valence electrons. The van der Waals surface area contributed by atoms with Crippen molar-refractivity contribution in [2.45, 2.75) is 13.8 Å². The van der Waals surface area contributed by atoms with Crippen LogP contribution in [0.1, 0.15) is 17.0 Å². The summed E-state index contributed by atoms with van der Waals surface area (Å²) in [7, 11) is 1.34. The lowest BCUT2D eigenvalue weighted by Crippen LogP contribution is -2.52. The van der Waals surface area contributed by atoms with Crippen LogP contribution < -0.4 is 5.32 Å². The van der Waals surface area contributed by atoms with Crippen LogP contribution in [0.5, 0.6) is 0 Å². The van der Waals surface area contributed by atoms with E-state index in [2.05, 4.69) is 21.2 Å². The minimum atomic E-state index is -0.717. The molecule has 6 nitrogen and oxygen atoms in total. The summed E-state index contributed by atoms with van der Waals surface area (Å²) in [5.41, 5.74) is 3.50. The van der Waals surface area contributed by atoms with Crippen LogP contribution in [0.3, 0.4) is 0 Å². The van der Waals surface area contributed by atoms with Gasteiger partial charge in [-0.05, 0) is 59.6 Å². The van der Waals surface area contributed by atoms with Crippen molar-refractivity contribution in [1.82, 2.24) is 14.8 Å². The molecule has 0 atom stereocenters. The standard InChI is InChI=1S/C18H16BrN3O3/c1-10-8-12(9-13-16(23)20-18(25)21(3)17(13)24)11(2)22(10)15-7-5-4-6-14(15)19/h4-9H,1-3H3,(H,20,23,25)/b13-9-. The van der Waals surface area contributed by atoms with Crippen molar-refractivity contribution in [2.75, 3.05) is 7.05 Å². The molecule has 0 radical (unpaired) electrons. The largest absolute Gasteiger partial charge is 0.331 e. The number of aromatic nitrogens is 1. The molecule has 0 spiro atoms. The lowest BCUT2D eigenvalue weighted by molar-refractivity contribution is -0.129. The smallest absolute Gasteiger partial charge is 0.317 e. The minimum absolute atomic E-state index is 0.0607. The topological polar surface area (TPSA) is 71.4 Å². The van der Waals surface area contributed by atoms with Crippen LogP contribution in [-0.2, 0) is 9.59 Å². The van der Waals surface area contributed by atoms with Crippen LogP contribution >= 0.6 is 15.9 Å². The first kappa shape index (κ1) is 17.2. The van der Waals surface area contributed by atoms with E-state index in [0.29, 0.717) is 0 Å². The average molecular weight is 402 g/mol. The van der Waals surface area contributed by atoms with Gasteiger partial charge in [0.1, 0.15) is 5.57 Å². The van der Waals surface area contributed by atoms with Crippen LogP contribution in [0.2, 0.25) is 0 Å². The number of amides is 4. The van der Waals surface area contributed by atoms with Gasteiger partial charge in [-0.15, -0.1) is 0 Å². The van der Waals surface area contributed by atoms with E-state index in [0.717, 1.165) is 32.0 Å². The molecule has 25 heavy (non-hydrogen) atoms. The number of likely N-dealkylation sites (N-methyl/N-ethyl adjacent to an activating group) is 1. The molecule has 1 N–H and O–H groups in total. The summed E-state index contributed by atoms with van der Waals surface area (Å²) in [4.78, 5) is 36.7. The number of carbonyl (C=O) groups excluding carboxylic acids is 3. The summed E-state index contributed by atoms with van der Waals surface area (Å²) in [6, 6.07) is 8.99. The van der Waals surface area contributed by atoms with Crippen molar-refractivity contribution in [1.29, 1.82) is 0 Å². The highest BCUT2D eigenvalue weighted by Crippen LogP contribution is 2.28. The van der Waals surface area contributed by atoms with Gasteiger partial charge in [0.2, 0.25) is 0 Å². The number of imide groups is 2. The second kappa shape index (κ2) is 6.33. The van der Waals surface area contributed by atoms with E-state index in [1.54, 1.807) is 0 Å². The molecule has 1 aliphatic rings.